The Balaban J connectivity index is 1.16. The van der Waals surface area contributed by atoms with Crippen molar-refractivity contribution in [3.63, 3.8) is 0 Å². The molecule has 0 saturated carbocycles. The zero-order valence-electron chi connectivity index (χ0n) is 18.7. The highest BCUT2D eigenvalue weighted by atomic mass is 35.5. The molecule has 3 heterocycles. The summed E-state index contributed by atoms with van der Waals surface area (Å²) in [5.41, 5.74) is 2.01. The summed E-state index contributed by atoms with van der Waals surface area (Å²) in [6.07, 6.45) is 4.39. The van der Waals surface area contributed by atoms with Crippen molar-refractivity contribution in [3.8, 4) is 0 Å². The Morgan fingerprint density at radius 3 is 2.73 bits per heavy atom. The third-order valence-electron chi connectivity index (χ3n) is 5.85. The normalized spacial score (nSPS) is 14.7. The van der Waals surface area contributed by atoms with Crippen LogP contribution in [0.5, 0.6) is 0 Å². The standard InChI is InChI=1S/C24H29Cl2N5OS/c1-16(17-5-6-18(25)19(26)15-17)27-11-4-12-28-22(32)9-10-23-29-20-7-8-21(30-24(20)33-23)31-13-2-3-14-31/h5-8,15-16,27H,2-4,9-14H2,1H3,(H,28,32). The van der Waals surface area contributed by atoms with E-state index in [1.165, 1.54) is 12.8 Å². The Morgan fingerprint density at radius 2 is 1.94 bits per heavy atom. The van der Waals surface area contributed by atoms with Crippen molar-refractivity contribution in [2.45, 2.75) is 45.1 Å². The average Bonchev–Trinajstić information content (AvgIpc) is 3.48. The molecular formula is C24H29Cl2N5OS. The number of rotatable bonds is 10. The monoisotopic (exact) mass is 505 g/mol. The molecule has 176 valence electrons. The van der Waals surface area contributed by atoms with Crippen LogP contribution in [0.2, 0.25) is 10.0 Å². The van der Waals surface area contributed by atoms with Gasteiger partial charge in [-0.05, 0) is 62.6 Å². The van der Waals surface area contributed by atoms with E-state index >= 15 is 0 Å². The highest BCUT2D eigenvalue weighted by Gasteiger charge is 2.15. The fraction of sp³-hybridized carbons (Fsp3) is 0.458. The molecule has 1 fully saturated rings. The van der Waals surface area contributed by atoms with Crippen molar-refractivity contribution in [2.75, 3.05) is 31.1 Å². The van der Waals surface area contributed by atoms with Gasteiger partial charge < -0.3 is 15.5 Å². The van der Waals surface area contributed by atoms with Crippen LogP contribution in [0.3, 0.4) is 0 Å². The summed E-state index contributed by atoms with van der Waals surface area (Å²) in [6.45, 7) is 5.67. The minimum absolute atomic E-state index is 0.0532. The summed E-state index contributed by atoms with van der Waals surface area (Å²) in [5, 5.41) is 8.53. The van der Waals surface area contributed by atoms with Crippen LogP contribution in [-0.4, -0.2) is 42.1 Å². The van der Waals surface area contributed by atoms with Gasteiger partial charge in [0.25, 0.3) is 0 Å². The maximum Gasteiger partial charge on any atom is 0.220 e. The number of halogens is 2. The number of nitrogens with zero attached hydrogens (tertiary/aromatic N) is 3. The Morgan fingerprint density at radius 1 is 1.12 bits per heavy atom. The molecule has 0 bridgehead atoms. The van der Waals surface area contributed by atoms with Gasteiger partial charge >= 0.3 is 0 Å². The number of hydrogen-bond donors (Lipinski definition) is 2. The minimum Gasteiger partial charge on any atom is -0.357 e. The number of aryl methyl sites for hydroxylation is 1. The topological polar surface area (TPSA) is 70.2 Å². The van der Waals surface area contributed by atoms with Crippen LogP contribution in [0.15, 0.2) is 30.3 Å². The SMILES string of the molecule is CC(NCCCNC(=O)CCc1nc2ccc(N3CCCC3)nc2s1)c1ccc(Cl)c(Cl)c1. The summed E-state index contributed by atoms with van der Waals surface area (Å²) in [4.78, 5) is 25.0. The molecule has 4 rings (SSSR count). The molecule has 1 amide bonds. The number of thiazole rings is 1. The van der Waals surface area contributed by atoms with Crippen molar-refractivity contribution in [2.24, 2.45) is 0 Å². The summed E-state index contributed by atoms with van der Waals surface area (Å²) in [6, 6.07) is 9.93. The summed E-state index contributed by atoms with van der Waals surface area (Å²) < 4.78 is 0. The second-order valence-corrected chi connectivity index (χ2v) is 10.2. The smallest absolute Gasteiger partial charge is 0.220 e. The lowest BCUT2D eigenvalue weighted by Gasteiger charge is -2.15. The summed E-state index contributed by atoms with van der Waals surface area (Å²) >= 11 is 13.7. The van der Waals surface area contributed by atoms with Crippen LogP contribution in [0, 0.1) is 0 Å². The first-order valence-electron chi connectivity index (χ1n) is 11.5. The third-order valence-corrected chi connectivity index (χ3v) is 7.61. The minimum atomic E-state index is 0.0532. The highest BCUT2D eigenvalue weighted by molar-refractivity contribution is 7.18. The Hall–Kier alpha value is -1.93. The lowest BCUT2D eigenvalue weighted by Crippen LogP contribution is -2.28. The molecule has 6 nitrogen and oxygen atoms in total. The van der Waals surface area contributed by atoms with Gasteiger partial charge in [0.05, 0.1) is 15.1 Å². The first-order chi connectivity index (χ1) is 16.0. The molecule has 1 unspecified atom stereocenters. The van der Waals surface area contributed by atoms with Gasteiger partial charge in [0.15, 0.2) is 0 Å². The highest BCUT2D eigenvalue weighted by Crippen LogP contribution is 2.27. The number of carbonyl (C=O) groups is 1. The maximum absolute atomic E-state index is 12.2. The van der Waals surface area contributed by atoms with E-state index in [4.69, 9.17) is 28.2 Å². The van der Waals surface area contributed by atoms with Crippen LogP contribution >= 0.6 is 34.5 Å². The van der Waals surface area contributed by atoms with Gasteiger partial charge in [-0.2, -0.15) is 0 Å². The van der Waals surface area contributed by atoms with Gasteiger partial charge in [-0.15, -0.1) is 0 Å². The summed E-state index contributed by atoms with van der Waals surface area (Å²) in [5.74, 6) is 1.09. The van der Waals surface area contributed by atoms with Gasteiger partial charge in [0.1, 0.15) is 16.2 Å². The van der Waals surface area contributed by atoms with Crippen molar-refractivity contribution in [1.82, 2.24) is 20.6 Å². The number of carbonyl (C=O) groups excluding carboxylic acids is 1. The zero-order chi connectivity index (χ0) is 23.2. The first-order valence-corrected chi connectivity index (χ1v) is 13.0. The van der Waals surface area contributed by atoms with Crippen molar-refractivity contribution in [3.05, 3.63) is 50.9 Å². The predicted molar refractivity (Wildman–Crippen MR) is 138 cm³/mol. The van der Waals surface area contributed by atoms with E-state index in [2.05, 4.69) is 33.5 Å². The predicted octanol–water partition coefficient (Wildman–Crippen LogP) is 5.39. The van der Waals surface area contributed by atoms with Crippen molar-refractivity contribution in [1.29, 1.82) is 0 Å². The number of amides is 1. The van der Waals surface area contributed by atoms with Crippen molar-refractivity contribution < 1.29 is 4.79 Å². The van der Waals surface area contributed by atoms with E-state index in [9.17, 15) is 4.79 Å². The Kier molecular flexibility index (Phi) is 8.41. The van der Waals surface area contributed by atoms with Crippen LogP contribution in [0.4, 0.5) is 5.82 Å². The molecule has 1 saturated heterocycles. The molecule has 0 aliphatic carbocycles. The van der Waals surface area contributed by atoms with E-state index in [-0.39, 0.29) is 11.9 Å². The fourth-order valence-corrected chi connectivity index (χ4v) is 5.16. The number of pyridine rings is 1. The number of nitrogens with one attached hydrogen (secondary N) is 2. The molecule has 1 aliphatic rings. The van der Waals surface area contributed by atoms with Crippen LogP contribution in [0.25, 0.3) is 10.3 Å². The lowest BCUT2D eigenvalue weighted by molar-refractivity contribution is -0.121. The second-order valence-electron chi connectivity index (χ2n) is 8.35. The average molecular weight is 507 g/mol. The van der Waals surface area contributed by atoms with Gasteiger partial charge in [0, 0.05) is 38.5 Å². The number of benzene rings is 1. The van der Waals surface area contributed by atoms with Gasteiger partial charge in [-0.3, -0.25) is 4.79 Å². The molecule has 9 heteroatoms. The quantitative estimate of drug-likeness (QED) is 0.361. The number of aromatic nitrogens is 2. The van der Waals surface area contributed by atoms with E-state index in [0.717, 1.165) is 52.8 Å². The van der Waals surface area contributed by atoms with E-state index < -0.39 is 0 Å². The summed E-state index contributed by atoms with van der Waals surface area (Å²) in [7, 11) is 0. The van der Waals surface area contributed by atoms with E-state index in [1.54, 1.807) is 11.3 Å². The number of fused-ring (bicyclic) bond motifs is 1. The first kappa shape index (κ1) is 24.2. The molecule has 2 N–H and O–H groups in total. The third kappa shape index (κ3) is 6.57. The van der Waals surface area contributed by atoms with Gasteiger partial charge in [-0.1, -0.05) is 40.6 Å². The van der Waals surface area contributed by atoms with Crippen LogP contribution in [0.1, 0.15) is 49.2 Å². The number of hydrogen-bond acceptors (Lipinski definition) is 6. The number of anilines is 1. The fourth-order valence-electron chi connectivity index (χ4n) is 3.92. The molecule has 0 radical (unpaired) electrons. The largest absolute Gasteiger partial charge is 0.357 e. The zero-order valence-corrected chi connectivity index (χ0v) is 21.1. The van der Waals surface area contributed by atoms with Crippen LogP contribution < -0.4 is 15.5 Å². The maximum atomic E-state index is 12.2. The van der Waals surface area contributed by atoms with Crippen molar-refractivity contribution >= 4 is 56.6 Å². The molecule has 1 aliphatic heterocycles. The lowest BCUT2D eigenvalue weighted by atomic mass is 10.1. The Bertz CT molecular complexity index is 1100. The molecule has 0 spiro atoms. The second kappa shape index (κ2) is 11.5. The molecular weight excluding hydrogens is 477 g/mol. The van der Waals surface area contributed by atoms with E-state index in [0.29, 0.717) is 29.4 Å². The van der Waals surface area contributed by atoms with Gasteiger partial charge in [0.2, 0.25) is 5.91 Å². The van der Waals surface area contributed by atoms with E-state index in [1.807, 2.05) is 24.3 Å². The van der Waals surface area contributed by atoms with Crippen LogP contribution in [-0.2, 0) is 11.2 Å². The van der Waals surface area contributed by atoms with Gasteiger partial charge in [-0.25, -0.2) is 9.97 Å². The molecule has 3 aromatic rings. The molecule has 1 atom stereocenters. The molecule has 33 heavy (non-hydrogen) atoms. The molecule has 1 aromatic carbocycles. The Labute approximate surface area is 208 Å². The molecule has 2 aromatic heterocycles.